The highest BCUT2D eigenvalue weighted by Crippen LogP contribution is 2.35. The Balaban J connectivity index is 1.78. The summed E-state index contributed by atoms with van der Waals surface area (Å²) in [5, 5.41) is 5.92. The number of anilines is 1. The summed E-state index contributed by atoms with van der Waals surface area (Å²) >= 11 is 1.29. The Morgan fingerprint density at radius 3 is 2.96 bits per heavy atom. The summed E-state index contributed by atoms with van der Waals surface area (Å²) in [5.74, 6) is -0.557. The van der Waals surface area contributed by atoms with Gasteiger partial charge in [-0.15, -0.1) is 0 Å². The van der Waals surface area contributed by atoms with Gasteiger partial charge >= 0.3 is 0 Å². The monoisotopic (exact) mass is 375 g/mol. The normalized spacial score (nSPS) is 22.2. The van der Waals surface area contributed by atoms with Crippen molar-refractivity contribution < 1.29 is 9.18 Å². The minimum Gasteiger partial charge on any atom is -0.363 e. The van der Waals surface area contributed by atoms with Gasteiger partial charge in [-0.1, -0.05) is 19.8 Å². The molecule has 1 aliphatic carbocycles. The zero-order valence-electron chi connectivity index (χ0n) is 14.6. The van der Waals surface area contributed by atoms with Crippen LogP contribution in [0.15, 0.2) is 6.07 Å². The number of pyridine rings is 1. The predicted molar refractivity (Wildman–Crippen MR) is 99.7 cm³/mol. The third kappa shape index (κ3) is 2.97. The average molecular weight is 375 g/mol. The number of aromatic nitrogens is 2. The molecule has 2 aromatic heterocycles. The average Bonchev–Trinajstić information content (AvgIpc) is 3.27. The highest BCUT2D eigenvalue weighted by molar-refractivity contribution is 7.09. The predicted octanol–water partition coefficient (Wildman–Crippen LogP) is 2.83. The second kappa shape index (κ2) is 6.92. The van der Waals surface area contributed by atoms with Crippen LogP contribution in [0.5, 0.6) is 0 Å². The number of carbonyl (C=O) groups excluding carboxylic acids is 1. The minimum absolute atomic E-state index is 0.00521. The van der Waals surface area contributed by atoms with Gasteiger partial charge in [0.25, 0.3) is 5.91 Å². The number of amides is 1. The number of nitrogens with one attached hydrogen (secondary N) is 2. The molecule has 2 atom stereocenters. The molecule has 0 bridgehead atoms. The molecule has 0 spiro atoms. The van der Waals surface area contributed by atoms with E-state index in [9.17, 15) is 4.79 Å². The molecule has 4 rings (SSSR count). The molecule has 26 heavy (non-hydrogen) atoms. The molecule has 6 nitrogen and oxygen atoms in total. The maximum Gasteiger partial charge on any atom is 0.254 e. The molecule has 4 N–H and O–H groups in total. The Morgan fingerprint density at radius 2 is 2.23 bits per heavy atom. The van der Waals surface area contributed by atoms with Gasteiger partial charge in [-0.25, -0.2) is 9.37 Å². The van der Waals surface area contributed by atoms with Crippen molar-refractivity contribution in [2.24, 2.45) is 5.73 Å². The van der Waals surface area contributed by atoms with Gasteiger partial charge < -0.3 is 16.4 Å². The second-order valence-corrected chi connectivity index (χ2v) is 7.70. The number of nitrogens with zero attached hydrogens (tertiary/aromatic N) is 2. The maximum absolute atomic E-state index is 15.0. The third-order valence-corrected chi connectivity index (χ3v) is 6.02. The van der Waals surface area contributed by atoms with Crippen molar-refractivity contribution in [2.45, 2.75) is 57.7 Å². The molecule has 1 fully saturated rings. The van der Waals surface area contributed by atoms with E-state index in [4.69, 9.17) is 5.73 Å². The zero-order valence-corrected chi connectivity index (χ0v) is 15.5. The van der Waals surface area contributed by atoms with Crippen molar-refractivity contribution in [2.75, 3.05) is 5.32 Å². The number of hydrogen-bond donors (Lipinski definition) is 3. The molecular formula is C18H22FN5OS. The summed E-state index contributed by atoms with van der Waals surface area (Å²) in [6, 6.07) is 1.90. The summed E-state index contributed by atoms with van der Waals surface area (Å²) in [5.41, 5.74) is 8.33. The van der Waals surface area contributed by atoms with Gasteiger partial charge in [0.15, 0.2) is 11.6 Å². The number of fused-ring (bicyclic) bond motifs is 1. The molecule has 0 saturated heterocycles. The van der Waals surface area contributed by atoms with Crippen LogP contribution >= 0.6 is 11.5 Å². The van der Waals surface area contributed by atoms with E-state index in [0.717, 1.165) is 42.7 Å². The maximum atomic E-state index is 15.0. The Morgan fingerprint density at radius 1 is 1.42 bits per heavy atom. The van der Waals surface area contributed by atoms with Gasteiger partial charge in [0.2, 0.25) is 0 Å². The lowest BCUT2D eigenvalue weighted by Crippen LogP contribution is -2.43. The Hall–Kier alpha value is -2.06. The van der Waals surface area contributed by atoms with Crippen molar-refractivity contribution in [3.8, 4) is 10.6 Å². The summed E-state index contributed by atoms with van der Waals surface area (Å²) in [4.78, 5) is 17.6. The number of aryl methyl sites for hydroxylation is 1. The molecule has 2 aromatic rings. The molecule has 0 aromatic carbocycles. The number of carbonyl (C=O) groups is 1. The molecule has 8 heteroatoms. The standard InChI is InChI=1S/C18H22FN5OS/c1-2-9-7-13(26-24-9)16-14-10(8-21-18(14)25)15(19)17(23-16)22-12-6-4-3-5-11(12)20/h7,11-12H,2-6,8,20H2,1H3,(H,21,25)(H,22,23)/t11-,12+/m0/s1. The number of rotatable bonds is 4. The van der Waals surface area contributed by atoms with Crippen molar-refractivity contribution >= 4 is 23.3 Å². The Labute approximate surface area is 155 Å². The van der Waals surface area contributed by atoms with Gasteiger partial charge in [-0.2, -0.15) is 4.37 Å². The Kier molecular flexibility index (Phi) is 4.62. The van der Waals surface area contributed by atoms with E-state index in [1.807, 2.05) is 13.0 Å². The van der Waals surface area contributed by atoms with Gasteiger partial charge in [-0.3, -0.25) is 4.79 Å². The van der Waals surface area contributed by atoms with Crippen molar-refractivity contribution in [3.05, 3.63) is 28.7 Å². The molecule has 2 aliphatic rings. The fourth-order valence-corrected chi connectivity index (χ4v) is 4.48. The van der Waals surface area contributed by atoms with Crippen LogP contribution in [0.2, 0.25) is 0 Å². The molecule has 138 valence electrons. The molecule has 0 radical (unpaired) electrons. The summed E-state index contributed by atoms with van der Waals surface area (Å²) in [6.07, 6.45) is 4.79. The van der Waals surface area contributed by atoms with E-state index in [2.05, 4.69) is 20.0 Å². The van der Waals surface area contributed by atoms with E-state index >= 15 is 4.39 Å². The van der Waals surface area contributed by atoms with Crippen LogP contribution < -0.4 is 16.4 Å². The third-order valence-electron chi connectivity index (χ3n) is 5.18. The second-order valence-electron chi connectivity index (χ2n) is 6.89. The van der Waals surface area contributed by atoms with E-state index in [-0.39, 0.29) is 30.4 Å². The number of halogens is 1. The fourth-order valence-electron chi connectivity index (χ4n) is 3.66. The first-order valence-electron chi connectivity index (χ1n) is 9.07. The first-order chi connectivity index (χ1) is 12.6. The lowest BCUT2D eigenvalue weighted by molar-refractivity contribution is 0.0966. The lowest BCUT2D eigenvalue weighted by atomic mass is 9.91. The van der Waals surface area contributed by atoms with Crippen LogP contribution in [0.4, 0.5) is 10.2 Å². The van der Waals surface area contributed by atoms with Crippen molar-refractivity contribution in [3.63, 3.8) is 0 Å². The van der Waals surface area contributed by atoms with E-state index in [0.29, 0.717) is 16.8 Å². The number of hydrogen-bond acceptors (Lipinski definition) is 6. The minimum atomic E-state index is -0.458. The first-order valence-corrected chi connectivity index (χ1v) is 9.84. The summed E-state index contributed by atoms with van der Waals surface area (Å²) < 4.78 is 19.4. The summed E-state index contributed by atoms with van der Waals surface area (Å²) in [6.45, 7) is 2.20. The van der Waals surface area contributed by atoms with Crippen molar-refractivity contribution in [1.29, 1.82) is 0 Å². The van der Waals surface area contributed by atoms with Crippen LogP contribution in [-0.4, -0.2) is 27.3 Å². The highest BCUT2D eigenvalue weighted by Gasteiger charge is 2.32. The molecule has 3 heterocycles. The van der Waals surface area contributed by atoms with Crippen LogP contribution in [0, 0.1) is 5.82 Å². The largest absolute Gasteiger partial charge is 0.363 e. The van der Waals surface area contributed by atoms with Gasteiger partial charge in [0, 0.05) is 24.2 Å². The van der Waals surface area contributed by atoms with E-state index < -0.39 is 5.82 Å². The summed E-state index contributed by atoms with van der Waals surface area (Å²) in [7, 11) is 0. The van der Waals surface area contributed by atoms with Gasteiger partial charge in [-0.05, 0) is 36.9 Å². The molecule has 0 unspecified atom stereocenters. The molecular weight excluding hydrogens is 353 g/mol. The smallest absolute Gasteiger partial charge is 0.254 e. The van der Waals surface area contributed by atoms with Crippen LogP contribution in [0.3, 0.4) is 0 Å². The fraction of sp³-hybridized carbons (Fsp3) is 0.500. The SMILES string of the molecule is CCc1cc(-c2nc(N[C@@H]3CCCC[C@@H]3N)c(F)c3c2C(=O)NC3)sn1. The molecule has 1 saturated carbocycles. The molecule has 1 amide bonds. The van der Waals surface area contributed by atoms with E-state index in [1.54, 1.807) is 0 Å². The highest BCUT2D eigenvalue weighted by atomic mass is 32.1. The number of nitrogens with two attached hydrogens (primary N) is 1. The van der Waals surface area contributed by atoms with E-state index in [1.165, 1.54) is 11.5 Å². The molecule has 1 aliphatic heterocycles. The Bertz CT molecular complexity index is 852. The quantitative estimate of drug-likeness (QED) is 0.764. The topological polar surface area (TPSA) is 92.9 Å². The van der Waals surface area contributed by atoms with Crippen LogP contribution in [-0.2, 0) is 13.0 Å². The first kappa shape index (κ1) is 17.4. The lowest BCUT2D eigenvalue weighted by Gasteiger charge is -2.30. The zero-order chi connectivity index (χ0) is 18.3. The van der Waals surface area contributed by atoms with Gasteiger partial charge in [0.1, 0.15) is 0 Å². The van der Waals surface area contributed by atoms with Gasteiger partial charge in [0.05, 0.1) is 21.8 Å². The van der Waals surface area contributed by atoms with Crippen LogP contribution in [0.25, 0.3) is 10.6 Å². The van der Waals surface area contributed by atoms with Crippen molar-refractivity contribution in [1.82, 2.24) is 14.7 Å². The van der Waals surface area contributed by atoms with Crippen LogP contribution in [0.1, 0.15) is 54.2 Å².